The van der Waals surface area contributed by atoms with E-state index in [-0.39, 0.29) is 12.1 Å². The Kier molecular flexibility index (Phi) is 4.46. The Morgan fingerprint density at radius 1 is 1.52 bits per heavy atom. The molecule has 21 heavy (non-hydrogen) atoms. The maximum atomic E-state index is 12.2. The minimum absolute atomic E-state index is 0.0340. The Labute approximate surface area is 124 Å². The van der Waals surface area contributed by atoms with Crippen molar-refractivity contribution < 1.29 is 9.90 Å². The van der Waals surface area contributed by atoms with Gasteiger partial charge in [-0.3, -0.25) is 9.59 Å². The molecular formula is C15H23N3O3. The van der Waals surface area contributed by atoms with Gasteiger partial charge in [-0.1, -0.05) is 13.3 Å². The Balaban J connectivity index is 2.10. The van der Waals surface area contributed by atoms with Crippen LogP contribution in [-0.2, 0) is 0 Å². The number of aromatic amines is 1. The summed E-state index contributed by atoms with van der Waals surface area (Å²) >= 11 is 0. The molecule has 1 unspecified atom stereocenters. The maximum absolute atomic E-state index is 12.2. The van der Waals surface area contributed by atoms with Gasteiger partial charge in [-0.25, -0.2) is 4.98 Å². The summed E-state index contributed by atoms with van der Waals surface area (Å²) < 4.78 is 0. The average molecular weight is 293 g/mol. The summed E-state index contributed by atoms with van der Waals surface area (Å²) in [5, 5.41) is 12.7. The SMILES string of the molecule is CCCC(C)(O)CNC(=O)c1c(C)nc(C2CC2)[nH]c1=O. The predicted molar refractivity (Wildman–Crippen MR) is 79.4 cm³/mol. The van der Waals surface area contributed by atoms with Gasteiger partial charge in [0.25, 0.3) is 11.5 Å². The summed E-state index contributed by atoms with van der Waals surface area (Å²) in [5.41, 5.74) is -0.899. The smallest absolute Gasteiger partial charge is 0.264 e. The van der Waals surface area contributed by atoms with Gasteiger partial charge in [-0.2, -0.15) is 0 Å². The predicted octanol–water partition coefficient (Wildman–Crippen LogP) is 1.24. The number of aromatic nitrogens is 2. The Morgan fingerprint density at radius 2 is 2.19 bits per heavy atom. The topological polar surface area (TPSA) is 95.1 Å². The highest BCUT2D eigenvalue weighted by atomic mass is 16.3. The van der Waals surface area contributed by atoms with Crippen LogP contribution in [0.4, 0.5) is 0 Å². The lowest BCUT2D eigenvalue weighted by Gasteiger charge is -2.22. The molecule has 0 aromatic carbocycles. The van der Waals surface area contributed by atoms with E-state index < -0.39 is 17.1 Å². The van der Waals surface area contributed by atoms with Gasteiger partial charge >= 0.3 is 0 Å². The molecule has 1 aliphatic rings. The summed E-state index contributed by atoms with van der Waals surface area (Å²) in [6, 6.07) is 0. The minimum Gasteiger partial charge on any atom is -0.388 e. The molecule has 0 radical (unpaired) electrons. The largest absolute Gasteiger partial charge is 0.388 e. The van der Waals surface area contributed by atoms with Crippen molar-refractivity contribution in [2.75, 3.05) is 6.54 Å². The number of hydrogen-bond donors (Lipinski definition) is 3. The molecule has 0 aliphatic heterocycles. The molecule has 1 atom stereocenters. The van der Waals surface area contributed by atoms with Gasteiger partial charge in [-0.05, 0) is 33.1 Å². The van der Waals surface area contributed by atoms with E-state index in [0.29, 0.717) is 23.9 Å². The highest BCUT2D eigenvalue weighted by molar-refractivity contribution is 5.94. The zero-order valence-corrected chi connectivity index (χ0v) is 12.8. The summed E-state index contributed by atoms with van der Waals surface area (Å²) in [6.07, 6.45) is 3.48. The zero-order chi connectivity index (χ0) is 15.6. The molecule has 0 saturated heterocycles. The lowest BCUT2D eigenvalue weighted by Crippen LogP contribution is -2.42. The van der Waals surface area contributed by atoms with E-state index in [2.05, 4.69) is 15.3 Å². The molecule has 1 aromatic heterocycles. The van der Waals surface area contributed by atoms with E-state index in [9.17, 15) is 14.7 Å². The van der Waals surface area contributed by atoms with Gasteiger partial charge in [-0.15, -0.1) is 0 Å². The standard InChI is InChI=1S/C15H23N3O3/c1-4-7-15(3,21)8-16-13(19)11-9(2)17-12(10-5-6-10)18-14(11)20/h10,21H,4-8H2,1-3H3,(H,16,19)(H,17,18,20). The molecule has 0 bridgehead atoms. The highest BCUT2D eigenvalue weighted by Crippen LogP contribution is 2.37. The number of H-pyrrole nitrogens is 1. The molecule has 0 spiro atoms. The van der Waals surface area contributed by atoms with Crippen LogP contribution in [0.15, 0.2) is 4.79 Å². The van der Waals surface area contributed by atoms with Crippen LogP contribution in [0.1, 0.15) is 67.3 Å². The number of rotatable bonds is 6. The van der Waals surface area contributed by atoms with Crippen LogP contribution in [0, 0.1) is 6.92 Å². The summed E-state index contributed by atoms with van der Waals surface area (Å²) in [5.74, 6) is 0.519. The quantitative estimate of drug-likeness (QED) is 0.735. The first kappa shape index (κ1) is 15.7. The fourth-order valence-electron chi connectivity index (χ4n) is 2.41. The molecule has 6 heteroatoms. The van der Waals surface area contributed by atoms with Crippen molar-refractivity contribution in [3.63, 3.8) is 0 Å². The molecule has 1 heterocycles. The number of carbonyl (C=O) groups excluding carboxylic acids is 1. The Hall–Kier alpha value is -1.69. The molecule has 2 rings (SSSR count). The van der Waals surface area contributed by atoms with E-state index in [1.807, 2.05) is 6.92 Å². The van der Waals surface area contributed by atoms with Gasteiger partial charge < -0.3 is 15.4 Å². The number of aliphatic hydroxyl groups is 1. The van der Waals surface area contributed by atoms with Crippen molar-refractivity contribution >= 4 is 5.91 Å². The van der Waals surface area contributed by atoms with Crippen molar-refractivity contribution in [1.82, 2.24) is 15.3 Å². The molecule has 1 amide bonds. The van der Waals surface area contributed by atoms with Gasteiger partial charge in [0.1, 0.15) is 11.4 Å². The third kappa shape index (κ3) is 3.91. The summed E-state index contributed by atoms with van der Waals surface area (Å²) in [6.45, 7) is 5.41. The maximum Gasteiger partial charge on any atom is 0.264 e. The average Bonchev–Trinajstić information content (AvgIpc) is 3.19. The third-order valence-electron chi connectivity index (χ3n) is 3.73. The zero-order valence-electron chi connectivity index (χ0n) is 12.8. The van der Waals surface area contributed by atoms with Crippen molar-refractivity contribution in [3.8, 4) is 0 Å². The van der Waals surface area contributed by atoms with Crippen LogP contribution in [0.2, 0.25) is 0 Å². The Bertz CT molecular complexity index is 588. The van der Waals surface area contributed by atoms with E-state index in [1.54, 1.807) is 13.8 Å². The molecule has 1 aliphatic carbocycles. The van der Waals surface area contributed by atoms with Gasteiger partial charge in [0.15, 0.2) is 0 Å². The number of nitrogens with zero attached hydrogens (tertiary/aromatic N) is 1. The second-order valence-corrected chi connectivity index (χ2v) is 6.12. The van der Waals surface area contributed by atoms with Crippen molar-refractivity contribution in [3.05, 3.63) is 27.4 Å². The number of nitrogens with one attached hydrogen (secondary N) is 2. The second kappa shape index (κ2) is 5.97. The van der Waals surface area contributed by atoms with Gasteiger partial charge in [0, 0.05) is 12.5 Å². The van der Waals surface area contributed by atoms with Gasteiger partial charge in [0.2, 0.25) is 0 Å². The van der Waals surface area contributed by atoms with E-state index in [4.69, 9.17) is 0 Å². The van der Waals surface area contributed by atoms with E-state index >= 15 is 0 Å². The van der Waals surface area contributed by atoms with Crippen LogP contribution >= 0.6 is 0 Å². The lowest BCUT2D eigenvalue weighted by molar-refractivity contribution is 0.0469. The molecule has 1 fully saturated rings. The first-order valence-corrected chi connectivity index (χ1v) is 7.45. The molecule has 3 N–H and O–H groups in total. The molecular weight excluding hydrogens is 270 g/mol. The fraction of sp³-hybridized carbons (Fsp3) is 0.667. The number of carbonyl (C=O) groups is 1. The van der Waals surface area contributed by atoms with E-state index in [0.717, 1.165) is 19.3 Å². The van der Waals surface area contributed by atoms with Crippen LogP contribution < -0.4 is 10.9 Å². The first-order chi connectivity index (χ1) is 9.84. The Morgan fingerprint density at radius 3 is 2.71 bits per heavy atom. The van der Waals surface area contributed by atoms with Crippen molar-refractivity contribution in [2.45, 2.75) is 58.0 Å². The minimum atomic E-state index is -0.966. The van der Waals surface area contributed by atoms with Crippen molar-refractivity contribution in [2.24, 2.45) is 0 Å². The van der Waals surface area contributed by atoms with Gasteiger partial charge in [0.05, 0.1) is 11.3 Å². The summed E-state index contributed by atoms with van der Waals surface area (Å²) in [4.78, 5) is 31.2. The van der Waals surface area contributed by atoms with Crippen molar-refractivity contribution in [1.29, 1.82) is 0 Å². The lowest BCUT2D eigenvalue weighted by atomic mass is 10.0. The number of aryl methyl sites for hydroxylation is 1. The molecule has 1 aromatic rings. The molecule has 6 nitrogen and oxygen atoms in total. The van der Waals surface area contributed by atoms with Crippen LogP contribution in [-0.4, -0.2) is 33.1 Å². The number of amides is 1. The second-order valence-electron chi connectivity index (χ2n) is 6.12. The van der Waals surface area contributed by atoms with Crippen LogP contribution in [0.3, 0.4) is 0 Å². The number of hydrogen-bond acceptors (Lipinski definition) is 4. The van der Waals surface area contributed by atoms with Crippen LogP contribution in [0.5, 0.6) is 0 Å². The summed E-state index contributed by atoms with van der Waals surface area (Å²) in [7, 11) is 0. The normalized spacial score (nSPS) is 17.3. The first-order valence-electron chi connectivity index (χ1n) is 7.45. The third-order valence-corrected chi connectivity index (χ3v) is 3.73. The highest BCUT2D eigenvalue weighted by Gasteiger charge is 2.28. The molecule has 116 valence electrons. The van der Waals surface area contributed by atoms with Crippen LogP contribution in [0.25, 0.3) is 0 Å². The fourth-order valence-corrected chi connectivity index (χ4v) is 2.41. The monoisotopic (exact) mass is 293 g/mol. The van der Waals surface area contributed by atoms with E-state index in [1.165, 1.54) is 0 Å². The molecule has 1 saturated carbocycles.